The zero-order chi connectivity index (χ0) is 73.6. The highest BCUT2D eigenvalue weighted by molar-refractivity contribution is 7.92. The van der Waals surface area contributed by atoms with Gasteiger partial charge < -0.3 is 36.2 Å². The van der Waals surface area contributed by atoms with E-state index in [4.69, 9.17) is 22.4 Å². The van der Waals surface area contributed by atoms with E-state index in [1.807, 2.05) is 0 Å². The highest BCUT2D eigenvalue weighted by Gasteiger charge is 2.37. The number of aromatic nitrogens is 3. The fourth-order valence-electron chi connectivity index (χ4n) is 10.8. The van der Waals surface area contributed by atoms with E-state index in [1.54, 1.807) is 43.6 Å². The molecule has 1 amide bonds. The van der Waals surface area contributed by atoms with Crippen LogP contribution in [0.1, 0.15) is 129 Å². The number of hydrogen-bond donors (Lipinski definition) is 7. The van der Waals surface area contributed by atoms with Gasteiger partial charge in [-0.3, -0.25) is 19.0 Å². The summed E-state index contributed by atoms with van der Waals surface area (Å²) in [5.41, 5.74) is 5.88. The van der Waals surface area contributed by atoms with Gasteiger partial charge in [-0.15, -0.1) is 0 Å². The van der Waals surface area contributed by atoms with Crippen molar-refractivity contribution >= 4 is 105 Å². The number of carboxylic acids is 1. The number of aliphatic hydroxyl groups is 2. The van der Waals surface area contributed by atoms with Crippen molar-refractivity contribution in [1.82, 2.24) is 20.3 Å². The summed E-state index contributed by atoms with van der Waals surface area (Å²) in [6.07, 6.45) is -9.26. The normalized spacial score (nSPS) is 14.8. The Kier molecular flexibility index (Phi) is 24.6. The maximum Gasteiger partial charge on any atom is 0.433 e. The number of rotatable bonds is 14. The average molecular weight is 1460 g/mol. The van der Waals surface area contributed by atoms with Crippen molar-refractivity contribution < 1.29 is 94.8 Å². The molecule has 2 aliphatic heterocycles. The lowest BCUT2D eigenvalue weighted by Crippen LogP contribution is -2.35. The number of fused-ring (bicyclic) bond motifs is 3. The van der Waals surface area contributed by atoms with E-state index >= 15 is 0 Å². The third-order valence-electron chi connectivity index (χ3n) is 16.1. The molecule has 99 heavy (non-hydrogen) atoms. The van der Waals surface area contributed by atoms with Gasteiger partial charge in [-0.1, -0.05) is 11.6 Å². The molecule has 534 valence electrons. The molecular formula is C66H69ClF11N9O10S2. The van der Waals surface area contributed by atoms with E-state index in [1.165, 1.54) is 67.6 Å². The van der Waals surface area contributed by atoms with Crippen LogP contribution in [-0.2, 0) is 38.6 Å². The molecule has 8 aromatic rings. The van der Waals surface area contributed by atoms with Gasteiger partial charge in [0, 0.05) is 95.2 Å². The van der Waals surface area contributed by atoms with Gasteiger partial charge in [0.15, 0.2) is 5.78 Å². The van der Waals surface area contributed by atoms with Gasteiger partial charge in [-0.25, -0.2) is 45.4 Å². The number of nitrogens with two attached hydrogens (primary N) is 1. The molecule has 5 heterocycles. The number of carbonyl (C=O) groups is 3. The Morgan fingerprint density at radius 1 is 0.576 bits per heavy atom. The van der Waals surface area contributed by atoms with Crippen molar-refractivity contribution in [3.8, 4) is 0 Å². The molecule has 2 saturated heterocycles. The minimum Gasteiger partial charge on any atom is -0.478 e. The predicted octanol–water partition coefficient (Wildman–Crippen LogP) is 13.6. The van der Waals surface area contributed by atoms with Gasteiger partial charge in [-0.2, -0.15) is 39.5 Å². The summed E-state index contributed by atoms with van der Waals surface area (Å²) in [5.74, 6) is -2.92. The monoisotopic (exact) mass is 1460 g/mol. The highest BCUT2D eigenvalue weighted by Crippen LogP contribution is 2.40. The number of ketones is 1. The minimum atomic E-state index is -4.66. The summed E-state index contributed by atoms with van der Waals surface area (Å²) < 4.78 is 196. The molecule has 0 aliphatic carbocycles. The van der Waals surface area contributed by atoms with Crippen molar-refractivity contribution in [1.29, 1.82) is 0 Å². The molecule has 3 aromatic heterocycles. The molecule has 0 spiro atoms. The minimum absolute atomic E-state index is 0.000512. The number of aromatic carboxylic acids is 1. The van der Waals surface area contributed by atoms with Gasteiger partial charge in [0.05, 0.1) is 57.1 Å². The largest absolute Gasteiger partial charge is 0.478 e. The quantitative estimate of drug-likeness (QED) is 0.0393. The zero-order valence-electron chi connectivity index (χ0n) is 54.0. The van der Waals surface area contributed by atoms with Gasteiger partial charge in [0.25, 0.3) is 5.91 Å². The Balaban J connectivity index is 0.000000200. The lowest BCUT2D eigenvalue weighted by molar-refractivity contribution is -0.141. The van der Waals surface area contributed by atoms with E-state index in [2.05, 4.69) is 29.7 Å². The third-order valence-corrected chi connectivity index (χ3v) is 17.6. The van der Waals surface area contributed by atoms with Crippen LogP contribution >= 0.6 is 11.6 Å². The van der Waals surface area contributed by atoms with Gasteiger partial charge in [0.1, 0.15) is 28.7 Å². The lowest BCUT2D eigenvalue weighted by atomic mass is 9.96. The van der Waals surface area contributed by atoms with Crippen LogP contribution in [0, 0.1) is 37.3 Å². The Bertz CT molecular complexity index is 4570. The number of nitrogens with zero attached hydrogens (tertiary/aromatic N) is 5. The molecule has 2 aliphatic rings. The van der Waals surface area contributed by atoms with Crippen LogP contribution in [0.15, 0.2) is 97.1 Å². The predicted molar refractivity (Wildman–Crippen MR) is 354 cm³/mol. The second-order valence-corrected chi connectivity index (χ2v) is 27.8. The maximum absolute atomic E-state index is 14.9. The summed E-state index contributed by atoms with van der Waals surface area (Å²) in [5, 5.41) is 31.5. The topological polar surface area (TPSA) is 287 Å². The number of sulfonamides is 2. The van der Waals surface area contributed by atoms with Crippen molar-refractivity contribution in [2.75, 3.05) is 71.1 Å². The summed E-state index contributed by atoms with van der Waals surface area (Å²) >= 11 is 5.79. The number of Topliss-reactive ketones (excluding diaryl/α,β-unsaturated/α-hetero) is 1. The second-order valence-electron chi connectivity index (χ2n) is 23.9. The molecule has 19 nitrogen and oxygen atoms in total. The number of aryl methyl sites for hydroxylation is 2. The van der Waals surface area contributed by atoms with E-state index in [0.717, 1.165) is 42.8 Å². The van der Waals surface area contributed by atoms with E-state index in [9.17, 15) is 89.7 Å². The van der Waals surface area contributed by atoms with Crippen molar-refractivity contribution in [2.45, 2.75) is 90.9 Å². The molecule has 33 heteroatoms. The molecule has 2 atom stereocenters. The van der Waals surface area contributed by atoms with E-state index < -0.39 is 91.3 Å². The smallest absolute Gasteiger partial charge is 0.433 e. The molecule has 0 unspecified atom stereocenters. The first-order valence-electron chi connectivity index (χ1n) is 30.2. The number of carboxylic acid groups (broad SMARTS) is 1. The Hall–Kier alpha value is -8.56. The molecule has 2 fully saturated rings. The number of aliphatic hydroxyl groups excluding tert-OH is 2. The summed E-state index contributed by atoms with van der Waals surface area (Å²) in [7, 11) is -7.02. The third kappa shape index (κ3) is 20.5. The zero-order valence-corrected chi connectivity index (χ0v) is 56.4. The van der Waals surface area contributed by atoms with Crippen LogP contribution in [0.4, 0.5) is 71.0 Å². The fraction of sp³-hybridized carbons (Fsp3) is 0.364. The number of alkyl halides is 9. The van der Waals surface area contributed by atoms with Gasteiger partial charge >= 0.3 is 24.5 Å². The molecule has 10 rings (SSSR count). The van der Waals surface area contributed by atoms with Crippen LogP contribution in [-0.4, -0.2) is 117 Å². The molecule has 0 bridgehead atoms. The number of pyridine rings is 3. The van der Waals surface area contributed by atoms with Gasteiger partial charge in [-0.05, 0) is 180 Å². The molecule has 0 radical (unpaired) electrons. The average Bonchev–Trinajstić information content (AvgIpc) is 0.782. The highest BCUT2D eigenvalue weighted by atomic mass is 35.5. The maximum atomic E-state index is 14.9. The van der Waals surface area contributed by atoms with Gasteiger partial charge in [0.2, 0.25) is 20.0 Å². The van der Waals surface area contributed by atoms with Crippen LogP contribution in [0.2, 0.25) is 5.02 Å². The van der Waals surface area contributed by atoms with Crippen molar-refractivity contribution in [3.05, 3.63) is 170 Å². The van der Waals surface area contributed by atoms with E-state index in [-0.39, 0.29) is 80.5 Å². The van der Waals surface area contributed by atoms with Crippen LogP contribution < -0.4 is 30.3 Å². The molecule has 0 saturated carbocycles. The van der Waals surface area contributed by atoms with Crippen LogP contribution in [0.3, 0.4) is 0 Å². The first-order chi connectivity index (χ1) is 45.9. The lowest BCUT2D eigenvalue weighted by Gasteiger charge is -2.34. The molecule has 8 N–H and O–H groups in total. The van der Waals surface area contributed by atoms with Crippen molar-refractivity contribution in [3.63, 3.8) is 0 Å². The number of piperidine rings is 2. The van der Waals surface area contributed by atoms with Crippen molar-refractivity contribution in [2.24, 2.45) is 17.6 Å². The number of amides is 1. The first kappa shape index (κ1) is 77.8. The Morgan fingerprint density at radius 2 is 0.939 bits per heavy atom. The van der Waals surface area contributed by atoms with Crippen LogP contribution in [0.25, 0.3) is 32.7 Å². The fourth-order valence-corrected chi connectivity index (χ4v) is 12.3. The number of hydrogen-bond acceptors (Lipinski definition) is 15. The van der Waals surface area contributed by atoms with E-state index in [0.29, 0.717) is 102 Å². The Morgan fingerprint density at radius 3 is 1.32 bits per heavy atom. The van der Waals surface area contributed by atoms with Crippen LogP contribution in [0.5, 0.6) is 0 Å². The number of halogens is 12. The number of carbonyl (C=O) groups excluding carboxylic acids is 2. The number of nitrogens with one attached hydrogen (secondary N) is 3. The number of anilines is 4. The summed E-state index contributed by atoms with van der Waals surface area (Å²) in [6, 6.07) is 19.0. The second kappa shape index (κ2) is 31.3. The Labute approximate surface area is 566 Å². The number of benzene rings is 5. The molecular weight excluding hydrogens is 1390 g/mol. The summed E-state index contributed by atoms with van der Waals surface area (Å²) in [6.45, 7) is 9.84. The standard InChI is InChI=1S/C27H30F4N4O4S.C17H17F3N2O3.C12H7ClF3NO.C10H15FN2O2S/c1-15-10-19(21(28)12-23(15)34-40(3,38)39)16(2)32-26(37)18-4-5-22-20(11-18)24(13-25(33-22)27(29,30)31)35-8-6-17(14-36)7-9-35;18-17(19,20)15-8-14(22-5-3-10(9-23)4-6-22)12-7-11(16(24)25)1-2-13(12)21-15;1-6(18)7-2-3-10-8(4-7)9(13)5-11(17-10)12(14,15)16;1-6-4-8(7(2)12)9(11)5-10(6)13-16(3,14)15/h4-5,10-13,16-17,34,36H,6-9,14H2,1-3H3,(H,32,37);1-2,7-8,10,23H,3-6,9H2,(H,24,25);2-5H,1H3;4-5,7,13H,12H2,1-3H3/t16-;;;7-/m1..1/s1. The first-order valence-corrected chi connectivity index (χ1v) is 34.4. The SMILES string of the molecule is CC(=O)c1ccc2nc(C(F)(F)F)cc(Cl)c2c1.Cc1cc([C@@H](C)N)c(F)cc1NS(C)(=O)=O.Cc1cc([C@@H](C)NC(=O)c2ccc3nc(C(F)(F)F)cc(N4CCC(CO)CC4)c3c2)c(F)cc1NS(C)(=O)=O.O=C(O)c1ccc2nc(C(F)(F)F)cc(N3CCC(CO)CC3)c2c1. The molecule has 5 aromatic carbocycles. The summed E-state index contributed by atoms with van der Waals surface area (Å²) in [4.78, 5) is 50.1.